The predicted octanol–water partition coefficient (Wildman–Crippen LogP) is 4.90. The lowest BCUT2D eigenvalue weighted by Crippen LogP contribution is -2.46. The van der Waals surface area contributed by atoms with Crippen molar-refractivity contribution in [2.45, 2.75) is 70.4 Å². The van der Waals surface area contributed by atoms with Crippen LogP contribution in [0.4, 0.5) is 29.3 Å². The third kappa shape index (κ3) is 6.35. The highest BCUT2D eigenvalue weighted by molar-refractivity contribution is 7.93. The van der Waals surface area contributed by atoms with E-state index < -0.39 is 45.4 Å². The molecule has 0 saturated carbocycles. The van der Waals surface area contributed by atoms with Gasteiger partial charge in [-0.2, -0.15) is 18.3 Å². The summed E-state index contributed by atoms with van der Waals surface area (Å²) in [6, 6.07) is 3.77. The highest BCUT2D eigenvalue weighted by Crippen LogP contribution is 2.42. The van der Waals surface area contributed by atoms with E-state index in [0.29, 0.717) is 20.4 Å². The fraction of sp³-hybridized carbons (Fsp3) is 0.522. The first-order valence-corrected chi connectivity index (χ1v) is 13.5. The molecule has 0 unspecified atom stereocenters. The summed E-state index contributed by atoms with van der Waals surface area (Å²) < 4.78 is 79.5. The number of aliphatic carboxylic acids is 1. The largest absolute Gasteiger partial charge is 0.486 e. The molecule has 0 radical (unpaired) electrons. The molecule has 216 valence electrons. The Morgan fingerprint density at radius 3 is 2.44 bits per heavy atom. The summed E-state index contributed by atoms with van der Waals surface area (Å²) in [7, 11) is -4.40. The Bertz CT molecular complexity index is 1380. The number of fused-ring (bicyclic) bond motifs is 1. The third-order valence-electron chi connectivity index (χ3n) is 6.06. The lowest BCUT2D eigenvalue weighted by atomic mass is 9.86. The second-order valence-electron chi connectivity index (χ2n) is 10.0. The Kier molecular flexibility index (Phi) is 8.10. The van der Waals surface area contributed by atoms with Crippen LogP contribution in [-0.4, -0.2) is 59.8 Å². The van der Waals surface area contributed by atoms with Gasteiger partial charge < -0.3 is 14.6 Å². The maximum Gasteiger partial charge on any atom is 0.427 e. The van der Waals surface area contributed by atoms with E-state index in [1.807, 2.05) is 0 Å². The van der Waals surface area contributed by atoms with Crippen LogP contribution in [0, 0.1) is 5.41 Å². The fourth-order valence-electron chi connectivity index (χ4n) is 3.65. The van der Waals surface area contributed by atoms with Gasteiger partial charge in [-0.05, 0) is 52.8 Å². The minimum Gasteiger partial charge on any atom is -0.486 e. The summed E-state index contributed by atoms with van der Waals surface area (Å²) in [5.74, 6) is -1.08. The van der Waals surface area contributed by atoms with Gasteiger partial charge in [0.25, 0.3) is 10.0 Å². The third-order valence-corrected chi connectivity index (χ3v) is 8.23. The standard InChI is InChI=1S/C23H28ClF3N4O7S/c1-6-30-12-17(18(24)29-30)39(35,36)31-11-14(10-21(2,3)19(32)33)37-16-8-7-13(9-15(16)31)28-20(34)38-22(4,5)23(25,26)27/h7-9,12,14H,6,10-11H2,1-5H3,(H,28,34)(H,32,33)/t14-/m0/s1. The second kappa shape index (κ2) is 10.4. The van der Waals surface area contributed by atoms with E-state index in [9.17, 15) is 36.3 Å². The quantitative estimate of drug-likeness (QED) is 0.438. The van der Waals surface area contributed by atoms with Crippen molar-refractivity contribution in [1.82, 2.24) is 9.78 Å². The molecule has 16 heteroatoms. The number of halogens is 4. The van der Waals surface area contributed by atoms with Crippen molar-refractivity contribution in [2.24, 2.45) is 5.41 Å². The van der Waals surface area contributed by atoms with Gasteiger partial charge in [0.2, 0.25) is 5.60 Å². The summed E-state index contributed by atoms with van der Waals surface area (Å²) in [6.07, 6.45) is -5.97. The lowest BCUT2D eigenvalue weighted by Gasteiger charge is -2.37. The number of carboxylic acids is 1. The zero-order valence-corrected chi connectivity index (χ0v) is 23.2. The first kappa shape index (κ1) is 30.3. The van der Waals surface area contributed by atoms with Gasteiger partial charge in [0.15, 0.2) is 5.15 Å². The smallest absolute Gasteiger partial charge is 0.427 e. The maximum absolute atomic E-state index is 13.8. The monoisotopic (exact) mass is 596 g/mol. The minimum atomic E-state index is -4.83. The Labute approximate surface area is 227 Å². The average molecular weight is 597 g/mol. The molecule has 2 heterocycles. The zero-order chi connectivity index (χ0) is 29.6. The zero-order valence-electron chi connectivity index (χ0n) is 21.7. The molecule has 2 aromatic rings. The Hall–Kier alpha value is -3.20. The Balaban J connectivity index is 2.02. The molecule has 1 aliphatic rings. The number of aryl methyl sites for hydroxylation is 1. The molecule has 0 bridgehead atoms. The number of alkyl halides is 3. The molecular formula is C23H28ClF3N4O7S. The molecule has 39 heavy (non-hydrogen) atoms. The number of anilines is 2. The summed E-state index contributed by atoms with van der Waals surface area (Å²) in [5, 5.41) is 15.4. The predicted molar refractivity (Wildman–Crippen MR) is 135 cm³/mol. The van der Waals surface area contributed by atoms with E-state index in [0.717, 1.165) is 4.31 Å². The number of benzene rings is 1. The molecule has 3 rings (SSSR count). The molecule has 11 nitrogen and oxygen atoms in total. The number of carboxylic acid groups (broad SMARTS) is 1. The molecular weight excluding hydrogens is 569 g/mol. The SMILES string of the molecule is CCn1cc(S(=O)(=O)N2C[C@H](CC(C)(C)C(=O)O)Oc3ccc(NC(=O)OC(C)(C)C(F)(F)F)cc32)c(Cl)n1. The van der Waals surface area contributed by atoms with E-state index in [1.165, 1.54) is 42.9 Å². The molecule has 0 saturated heterocycles. The minimum absolute atomic E-state index is 0.0320. The Morgan fingerprint density at radius 1 is 1.26 bits per heavy atom. The number of carbonyl (C=O) groups excluding carboxylic acids is 1. The van der Waals surface area contributed by atoms with Crippen molar-refractivity contribution >= 4 is 45.1 Å². The van der Waals surface area contributed by atoms with Crippen LogP contribution in [0.1, 0.15) is 41.0 Å². The van der Waals surface area contributed by atoms with Crippen molar-refractivity contribution in [1.29, 1.82) is 0 Å². The van der Waals surface area contributed by atoms with Crippen LogP contribution in [-0.2, 0) is 26.1 Å². The van der Waals surface area contributed by atoms with E-state index in [2.05, 4.69) is 15.2 Å². The fourth-order valence-corrected chi connectivity index (χ4v) is 5.59. The second-order valence-corrected chi connectivity index (χ2v) is 12.2. The number of sulfonamides is 1. The Morgan fingerprint density at radius 2 is 1.90 bits per heavy atom. The van der Waals surface area contributed by atoms with Gasteiger partial charge in [0.1, 0.15) is 16.7 Å². The number of amides is 1. The molecule has 2 N–H and O–H groups in total. The van der Waals surface area contributed by atoms with Crippen LogP contribution in [0.3, 0.4) is 0 Å². The topological polar surface area (TPSA) is 140 Å². The van der Waals surface area contributed by atoms with Gasteiger partial charge in [-0.1, -0.05) is 11.6 Å². The highest BCUT2D eigenvalue weighted by Gasteiger charge is 2.51. The van der Waals surface area contributed by atoms with Gasteiger partial charge >= 0.3 is 18.2 Å². The van der Waals surface area contributed by atoms with Crippen LogP contribution >= 0.6 is 11.6 Å². The number of carbonyl (C=O) groups is 2. The van der Waals surface area contributed by atoms with Gasteiger partial charge in [0.05, 0.1) is 17.6 Å². The van der Waals surface area contributed by atoms with Crippen LogP contribution in [0.2, 0.25) is 5.15 Å². The van der Waals surface area contributed by atoms with Gasteiger partial charge in [-0.25, -0.2) is 13.2 Å². The number of hydrogen-bond donors (Lipinski definition) is 2. The van der Waals surface area contributed by atoms with Crippen molar-refractivity contribution < 1.29 is 45.8 Å². The van der Waals surface area contributed by atoms with Crippen LogP contribution < -0.4 is 14.4 Å². The summed E-state index contributed by atoms with van der Waals surface area (Å²) in [4.78, 5) is 23.6. The van der Waals surface area contributed by atoms with Crippen molar-refractivity contribution in [3.8, 4) is 5.75 Å². The van der Waals surface area contributed by atoms with E-state index in [4.69, 9.17) is 16.3 Å². The summed E-state index contributed by atoms with van der Waals surface area (Å²) >= 11 is 6.13. The number of nitrogens with zero attached hydrogens (tertiary/aromatic N) is 3. The summed E-state index contributed by atoms with van der Waals surface area (Å²) in [5.41, 5.74) is -4.20. The van der Waals surface area contributed by atoms with Gasteiger partial charge in [0, 0.05) is 24.8 Å². The normalized spacial score (nSPS) is 16.3. The molecule has 1 aliphatic heterocycles. The van der Waals surface area contributed by atoms with Crippen molar-refractivity contribution in [3.05, 3.63) is 29.5 Å². The molecule has 1 amide bonds. The van der Waals surface area contributed by atoms with Gasteiger partial charge in [-0.3, -0.25) is 19.1 Å². The van der Waals surface area contributed by atoms with Gasteiger partial charge in [-0.15, -0.1) is 0 Å². The number of ether oxygens (including phenoxy) is 2. The number of aromatic nitrogens is 2. The molecule has 1 atom stereocenters. The number of hydrogen-bond acceptors (Lipinski definition) is 7. The first-order chi connectivity index (χ1) is 17.8. The van der Waals surface area contributed by atoms with Crippen molar-refractivity contribution in [2.75, 3.05) is 16.2 Å². The first-order valence-electron chi connectivity index (χ1n) is 11.6. The lowest BCUT2D eigenvalue weighted by molar-refractivity contribution is -0.242. The average Bonchev–Trinajstić information content (AvgIpc) is 3.18. The molecule has 0 spiro atoms. The van der Waals surface area contributed by atoms with Crippen molar-refractivity contribution in [3.63, 3.8) is 0 Å². The molecule has 0 fully saturated rings. The van der Waals surface area contributed by atoms with Crippen LogP contribution in [0.5, 0.6) is 5.75 Å². The van der Waals surface area contributed by atoms with Crippen LogP contribution in [0.25, 0.3) is 0 Å². The van der Waals surface area contributed by atoms with E-state index >= 15 is 0 Å². The number of nitrogens with one attached hydrogen (secondary N) is 1. The molecule has 1 aromatic carbocycles. The van der Waals surface area contributed by atoms with E-state index in [-0.39, 0.29) is 40.1 Å². The molecule has 1 aromatic heterocycles. The summed E-state index contributed by atoms with van der Waals surface area (Å²) in [6.45, 7) is 6.03. The number of rotatable bonds is 8. The van der Waals surface area contributed by atoms with E-state index in [1.54, 1.807) is 6.92 Å². The molecule has 0 aliphatic carbocycles. The van der Waals surface area contributed by atoms with Crippen LogP contribution in [0.15, 0.2) is 29.3 Å². The highest BCUT2D eigenvalue weighted by atomic mass is 35.5. The maximum atomic E-state index is 13.8.